The molecule has 0 aliphatic heterocycles. The van der Waals surface area contributed by atoms with E-state index >= 15 is 0 Å². The van der Waals surface area contributed by atoms with Crippen molar-refractivity contribution in [2.45, 2.75) is 83.0 Å². The molecule has 0 saturated carbocycles. The van der Waals surface area contributed by atoms with Crippen LogP contribution in [0.15, 0.2) is 41.3 Å². The summed E-state index contributed by atoms with van der Waals surface area (Å²) in [5.41, 5.74) is 0.727. The predicted octanol–water partition coefficient (Wildman–Crippen LogP) is 6.80. The van der Waals surface area contributed by atoms with Gasteiger partial charge in [0.25, 0.3) is 10.1 Å². The standard InChI is InChI=1S/C23H34O3S/c1-19(2)13-9-7-5-3-4-6-8-10-15-21-18-17-20-14-11-12-16-22(20)23(21)27(24,25)26/h11-12,14,16-19H,3-10,13,15H2,1-2H3,(H,24,25,26). The van der Waals surface area contributed by atoms with Crippen LogP contribution in [0.4, 0.5) is 0 Å². The molecule has 0 heterocycles. The number of aryl methyl sites for hydroxylation is 1. The van der Waals surface area contributed by atoms with Crippen molar-refractivity contribution in [2.24, 2.45) is 5.92 Å². The molecular formula is C23H34O3S. The van der Waals surface area contributed by atoms with Gasteiger partial charge >= 0.3 is 0 Å². The van der Waals surface area contributed by atoms with Crippen molar-refractivity contribution >= 4 is 20.9 Å². The summed E-state index contributed by atoms with van der Waals surface area (Å²) in [6.45, 7) is 4.56. The Balaban J connectivity index is 1.79. The van der Waals surface area contributed by atoms with Gasteiger partial charge in [-0.15, -0.1) is 0 Å². The van der Waals surface area contributed by atoms with E-state index in [4.69, 9.17) is 0 Å². The quantitative estimate of drug-likeness (QED) is 0.320. The van der Waals surface area contributed by atoms with Crippen LogP contribution in [-0.2, 0) is 16.5 Å². The molecule has 1 N–H and O–H groups in total. The smallest absolute Gasteiger partial charge is 0.282 e. The first-order chi connectivity index (χ1) is 12.9. The summed E-state index contributed by atoms with van der Waals surface area (Å²) in [7, 11) is -4.23. The van der Waals surface area contributed by atoms with Crippen LogP contribution >= 0.6 is 0 Å². The number of hydrogen-bond donors (Lipinski definition) is 1. The first kappa shape index (κ1) is 21.9. The summed E-state index contributed by atoms with van der Waals surface area (Å²) in [5.74, 6) is 0.813. The van der Waals surface area contributed by atoms with Gasteiger partial charge < -0.3 is 0 Å². The van der Waals surface area contributed by atoms with Crippen LogP contribution in [0, 0.1) is 5.92 Å². The van der Waals surface area contributed by atoms with Crippen LogP contribution in [0.25, 0.3) is 10.8 Å². The highest BCUT2D eigenvalue weighted by atomic mass is 32.2. The fourth-order valence-electron chi connectivity index (χ4n) is 3.72. The highest BCUT2D eigenvalue weighted by Crippen LogP contribution is 2.28. The van der Waals surface area contributed by atoms with Crippen LogP contribution in [0.1, 0.15) is 77.2 Å². The molecule has 2 aromatic carbocycles. The van der Waals surface area contributed by atoms with E-state index in [0.717, 1.165) is 29.7 Å². The van der Waals surface area contributed by atoms with Crippen molar-refractivity contribution < 1.29 is 13.0 Å². The fourth-order valence-corrected chi connectivity index (χ4v) is 4.68. The maximum atomic E-state index is 11.9. The third-order valence-electron chi connectivity index (χ3n) is 5.20. The Morgan fingerprint density at radius 1 is 0.815 bits per heavy atom. The maximum absolute atomic E-state index is 11.9. The van der Waals surface area contributed by atoms with Crippen molar-refractivity contribution in [3.8, 4) is 0 Å². The first-order valence-corrected chi connectivity index (χ1v) is 11.8. The molecule has 4 heteroatoms. The van der Waals surface area contributed by atoms with Gasteiger partial charge in [-0.1, -0.05) is 102 Å². The highest BCUT2D eigenvalue weighted by Gasteiger charge is 2.18. The zero-order chi connectivity index (χ0) is 19.7. The summed E-state index contributed by atoms with van der Waals surface area (Å²) in [6, 6.07) is 11.1. The first-order valence-electron chi connectivity index (χ1n) is 10.4. The Bertz CT molecular complexity index is 809. The normalized spacial score (nSPS) is 12.1. The molecule has 27 heavy (non-hydrogen) atoms. The van der Waals surface area contributed by atoms with Crippen molar-refractivity contribution in [1.82, 2.24) is 0 Å². The lowest BCUT2D eigenvalue weighted by Crippen LogP contribution is -2.04. The van der Waals surface area contributed by atoms with Crippen molar-refractivity contribution in [3.63, 3.8) is 0 Å². The lowest BCUT2D eigenvalue weighted by molar-refractivity contribution is 0.482. The summed E-state index contributed by atoms with van der Waals surface area (Å²) >= 11 is 0. The molecule has 0 radical (unpaired) electrons. The monoisotopic (exact) mass is 390 g/mol. The number of hydrogen-bond acceptors (Lipinski definition) is 2. The summed E-state index contributed by atoms with van der Waals surface area (Å²) in [6.07, 6.45) is 11.8. The summed E-state index contributed by atoms with van der Waals surface area (Å²) in [4.78, 5) is 0.0887. The van der Waals surface area contributed by atoms with Gasteiger partial charge in [-0.2, -0.15) is 8.42 Å². The van der Waals surface area contributed by atoms with Crippen LogP contribution in [0.2, 0.25) is 0 Å². The SMILES string of the molecule is CC(C)CCCCCCCCCCc1ccc2ccccc2c1S(=O)(=O)O. The van der Waals surface area contributed by atoms with E-state index in [0.29, 0.717) is 11.8 Å². The van der Waals surface area contributed by atoms with E-state index in [1.165, 1.54) is 44.9 Å². The third-order valence-corrected chi connectivity index (χ3v) is 6.19. The summed E-state index contributed by atoms with van der Waals surface area (Å²) < 4.78 is 33.6. The Hall–Kier alpha value is -1.39. The number of benzene rings is 2. The molecule has 0 spiro atoms. The van der Waals surface area contributed by atoms with E-state index in [1.807, 2.05) is 30.3 Å². The Kier molecular flexibility index (Phi) is 8.78. The molecular weight excluding hydrogens is 356 g/mol. The van der Waals surface area contributed by atoms with E-state index in [1.54, 1.807) is 6.07 Å². The number of unbranched alkanes of at least 4 members (excludes halogenated alkanes) is 7. The van der Waals surface area contributed by atoms with Gasteiger partial charge in [-0.3, -0.25) is 4.55 Å². The van der Waals surface area contributed by atoms with Gasteiger partial charge in [0.2, 0.25) is 0 Å². The lowest BCUT2D eigenvalue weighted by atomic mass is 10.0. The Labute approximate surface area is 164 Å². The molecule has 3 nitrogen and oxygen atoms in total. The summed E-state index contributed by atoms with van der Waals surface area (Å²) in [5, 5.41) is 1.45. The van der Waals surface area contributed by atoms with Crippen LogP contribution in [0.5, 0.6) is 0 Å². The maximum Gasteiger partial charge on any atom is 0.295 e. The van der Waals surface area contributed by atoms with Gasteiger partial charge in [-0.25, -0.2) is 0 Å². The second-order valence-corrected chi connectivity index (χ2v) is 9.37. The second kappa shape index (κ2) is 10.8. The molecule has 0 bridgehead atoms. The zero-order valence-electron chi connectivity index (χ0n) is 16.8. The fraction of sp³-hybridized carbons (Fsp3) is 0.565. The van der Waals surface area contributed by atoms with Gasteiger partial charge in [0.05, 0.1) is 0 Å². The minimum absolute atomic E-state index is 0.0887. The largest absolute Gasteiger partial charge is 0.295 e. The molecule has 150 valence electrons. The molecule has 0 amide bonds. The predicted molar refractivity (Wildman–Crippen MR) is 114 cm³/mol. The third kappa shape index (κ3) is 7.27. The molecule has 0 aliphatic rings. The van der Waals surface area contributed by atoms with E-state index in [9.17, 15) is 13.0 Å². The van der Waals surface area contributed by atoms with Gasteiger partial charge in [0, 0.05) is 5.39 Å². The van der Waals surface area contributed by atoms with Crippen molar-refractivity contribution in [1.29, 1.82) is 0 Å². The van der Waals surface area contributed by atoms with Crippen LogP contribution in [0.3, 0.4) is 0 Å². The van der Waals surface area contributed by atoms with Crippen LogP contribution < -0.4 is 0 Å². The molecule has 2 aromatic rings. The van der Waals surface area contributed by atoms with Crippen molar-refractivity contribution in [3.05, 3.63) is 42.0 Å². The Morgan fingerprint density at radius 2 is 1.41 bits per heavy atom. The zero-order valence-corrected chi connectivity index (χ0v) is 17.6. The molecule has 0 aliphatic carbocycles. The van der Waals surface area contributed by atoms with Crippen LogP contribution in [-0.4, -0.2) is 13.0 Å². The lowest BCUT2D eigenvalue weighted by Gasteiger charge is -2.11. The van der Waals surface area contributed by atoms with E-state index in [2.05, 4.69) is 13.8 Å². The number of fused-ring (bicyclic) bond motifs is 1. The minimum Gasteiger partial charge on any atom is -0.282 e. The average molecular weight is 391 g/mol. The second-order valence-electron chi connectivity index (χ2n) is 8.01. The molecule has 0 aromatic heterocycles. The molecule has 0 atom stereocenters. The molecule has 0 saturated heterocycles. The Morgan fingerprint density at radius 3 is 2.04 bits per heavy atom. The molecule has 0 unspecified atom stereocenters. The topological polar surface area (TPSA) is 54.4 Å². The van der Waals surface area contributed by atoms with Gasteiger partial charge in [-0.05, 0) is 29.7 Å². The van der Waals surface area contributed by atoms with Gasteiger partial charge in [0.15, 0.2) is 0 Å². The minimum atomic E-state index is -4.23. The molecule has 2 rings (SSSR count). The van der Waals surface area contributed by atoms with E-state index < -0.39 is 10.1 Å². The van der Waals surface area contributed by atoms with Crippen molar-refractivity contribution in [2.75, 3.05) is 0 Å². The average Bonchev–Trinajstić information content (AvgIpc) is 2.61. The molecule has 0 fully saturated rings. The van der Waals surface area contributed by atoms with Gasteiger partial charge in [0.1, 0.15) is 4.90 Å². The number of rotatable bonds is 12. The highest BCUT2D eigenvalue weighted by molar-refractivity contribution is 7.86. The van der Waals surface area contributed by atoms with E-state index in [-0.39, 0.29) is 4.90 Å².